The number of hydrogen-bond donors (Lipinski definition) is 1. The Bertz CT molecular complexity index is 433. The molecule has 6 nitrogen and oxygen atoms in total. The fourth-order valence-electron chi connectivity index (χ4n) is 1.60. The molecule has 0 saturated carbocycles. The topological polar surface area (TPSA) is 83.7 Å². The summed E-state index contributed by atoms with van der Waals surface area (Å²) < 4.78 is 0. The van der Waals surface area contributed by atoms with Crippen LogP contribution in [-0.2, 0) is 4.79 Å². The predicted octanol–water partition coefficient (Wildman–Crippen LogP) is 1.89. The van der Waals surface area contributed by atoms with E-state index in [1.54, 1.807) is 30.9 Å². The molecule has 1 unspecified atom stereocenters. The highest BCUT2D eigenvalue weighted by Crippen LogP contribution is 2.22. The molecule has 92 valence electrons. The molecule has 0 bridgehead atoms. The van der Waals surface area contributed by atoms with Gasteiger partial charge in [-0.2, -0.15) is 0 Å². The first-order valence-corrected chi connectivity index (χ1v) is 5.21. The molecule has 1 aromatic carbocycles. The summed E-state index contributed by atoms with van der Waals surface area (Å²) in [4.78, 5) is 22.7. The summed E-state index contributed by atoms with van der Waals surface area (Å²) in [5.74, 6) is -0.960. The number of likely N-dealkylation sites (N-methyl/N-ethyl adjacent to an activating group) is 1. The molecule has 0 aliphatic heterocycles. The summed E-state index contributed by atoms with van der Waals surface area (Å²) in [7, 11) is 0. The van der Waals surface area contributed by atoms with Crippen molar-refractivity contribution in [2.45, 2.75) is 19.9 Å². The highest BCUT2D eigenvalue weighted by atomic mass is 16.6. The molecule has 1 atom stereocenters. The molecule has 0 fully saturated rings. The second-order valence-electron chi connectivity index (χ2n) is 3.58. The van der Waals surface area contributed by atoms with E-state index in [1.807, 2.05) is 0 Å². The van der Waals surface area contributed by atoms with Gasteiger partial charge in [-0.15, -0.1) is 0 Å². The average Bonchev–Trinajstić information content (AvgIpc) is 2.30. The third-order valence-corrected chi connectivity index (χ3v) is 2.54. The molecule has 0 spiro atoms. The Hall–Kier alpha value is -2.11. The van der Waals surface area contributed by atoms with Gasteiger partial charge < -0.3 is 10.0 Å². The maximum atomic E-state index is 10.9. The zero-order chi connectivity index (χ0) is 13.0. The number of aliphatic carboxylic acids is 1. The van der Waals surface area contributed by atoms with E-state index in [-0.39, 0.29) is 5.69 Å². The Morgan fingerprint density at radius 2 is 2.24 bits per heavy atom. The Morgan fingerprint density at radius 3 is 2.71 bits per heavy atom. The van der Waals surface area contributed by atoms with Crippen molar-refractivity contribution in [2.75, 3.05) is 11.4 Å². The van der Waals surface area contributed by atoms with Gasteiger partial charge in [-0.1, -0.05) is 6.07 Å². The van der Waals surface area contributed by atoms with E-state index in [0.29, 0.717) is 12.2 Å². The average molecular weight is 238 g/mol. The Kier molecular flexibility index (Phi) is 4.03. The predicted molar refractivity (Wildman–Crippen MR) is 63.2 cm³/mol. The van der Waals surface area contributed by atoms with Crippen molar-refractivity contribution in [3.8, 4) is 0 Å². The van der Waals surface area contributed by atoms with Gasteiger partial charge in [0.05, 0.1) is 4.92 Å². The minimum absolute atomic E-state index is 0.0430. The van der Waals surface area contributed by atoms with Gasteiger partial charge >= 0.3 is 5.97 Å². The van der Waals surface area contributed by atoms with E-state index >= 15 is 0 Å². The lowest BCUT2D eigenvalue weighted by Crippen LogP contribution is -2.38. The van der Waals surface area contributed by atoms with Gasteiger partial charge in [0, 0.05) is 24.4 Å². The first-order valence-electron chi connectivity index (χ1n) is 5.21. The van der Waals surface area contributed by atoms with Crippen LogP contribution in [0.15, 0.2) is 24.3 Å². The lowest BCUT2D eigenvalue weighted by Gasteiger charge is -2.26. The van der Waals surface area contributed by atoms with E-state index in [4.69, 9.17) is 5.11 Å². The summed E-state index contributed by atoms with van der Waals surface area (Å²) in [6.07, 6.45) is 0. The number of carboxylic acid groups (broad SMARTS) is 1. The number of nitrogens with zero attached hydrogens (tertiary/aromatic N) is 2. The lowest BCUT2D eigenvalue weighted by molar-refractivity contribution is -0.384. The summed E-state index contributed by atoms with van der Waals surface area (Å²) >= 11 is 0. The van der Waals surface area contributed by atoms with E-state index in [9.17, 15) is 14.9 Å². The highest BCUT2D eigenvalue weighted by molar-refractivity contribution is 5.78. The van der Waals surface area contributed by atoms with Crippen LogP contribution in [0.25, 0.3) is 0 Å². The fraction of sp³-hybridized carbons (Fsp3) is 0.364. The molecule has 0 aliphatic carbocycles. The molecule has 0 heterocycles. The van der Waals surface area contributed by atoms with Crippen LogP contribution in [0, 0.1) is 10.1 Å². The molecule has 6 heteroatoms. The van der Waals surface area contributed by atoms with Gasteiger partial charge in [0.2, 0.25) is 0 Å². The van der Waals surface area contributed by atoms with Crippen LogP contribution in [0.5, 0.6) is 0 Å². The zero-order valence-corrected chi connectivity index (χ0v) is 9.66. The van der Waals surface area contributed by atoms with Crippen molar-refractivity contribution in [1.29, 1.82) is 0 Å². The Balaban J connectivity index is 3.08. The maximum absolute atomic E-state index is 10.9. The minimum Gasteiger partial charge on any atom is -0.480 e. The smallest absolute Gasteiger partial charge is 0.326 e. The van der Waals surface area contributed by atoms with Gasteiger partial charge in [0.1, 0.15) is 6.04 Å². The lowest BCUT2D eigenvalue weighted by atomic mass is 10.2. The van der Waals surface area contributed by atoms with Crippen LogP contribution in [-0.4, -0.2) is 28.6 Å². The van der Waals surface area contributed by atoms with Crippen LogP contribution in [0.1, 0.15) is 13.8 Å². The number of rotatable bonds is 5. The largest absolute Gasteiger partial charge is 0.480 e. The van der Waals surface area contributed by atoms with Gasteiger partial charge in [-0.25, -0.2) is 4.79 Å². The van der Waals surface area contributed by atoms with Crippen LogP contribution in [0.4, 0.5) is 11.4 Å². The standard InChI is InChI=1S/C11H14N2O4/c1-3-12(8(2)11(14)15)9-5-4-6-10(7-9)13(16)17/h4-8H,3H2,1-2H3,(H,14,15). The zero-order valence-electron chi connectivity index (χ0n) is 9.66. The Labute approximate surface area is 98.6 Å². The fourth-order valence-corrected chi connectivity index (χ4v) is 1.60. The highest BCUT2D eigenvalue weighted by Gasteiger charge is 2.20. The van der Waals surface area contributed by atoms with Gasteiger partial charge in [0.25, 0.3) is 5.69 Å². The van der Waals surface area contributed by atoms with Gasteiger partial charge in [0.15, 0.2) is 0 Å². The van der Waals surface area contributed by atoms with Crippen molar-refractivity contribution in [1.82, 2.24) is 0 Å². The summed E-state index contributed by atoms with van der Waals surface area (Å²) in [5.41, 5.74) is 0.495. The van der Waals surface area contributed by atoms with Crippen molar-refractivity contribution in [2.24, 2.45) is 0 Å². The number of carboxylic acids is 1. The molecular weight excluding hydrogens is 224 g/mol. The van der Waals surface area contributed by atoms with Crippen LogP contribution >= 0.6 is 0 Å². The number of nitro groups is 1. The van der Waals surface area contributed by atoms with Crippen LogP contribution in [0.3, 0.4) is 0 Å². The third-order valence-electron chi connectivity index (χ3n) is 2.54. The van der Waals surface area contributed by atoms with Crippen LogP contribution < -0.4 is 4.90 Å². The van der Waals surface area contributed by atoms with Crippen LogP contribution in [0.2, 0.25) is 0 Å². The summed E-state index contributed by atoms with van der Waals surface area (Å²) in [6, 6.07) is 5.24. The van der Waals surface area contributed by atoms with Gasteiger partial charge in [-0.05, 0) is 19.9 Å². The molecule has 0 saturated heterocycles. The molecular formula is C11H14N2O4. The number of anilines is 1. The number of non-ortho nitro benzene ring substituents is 1. The molecule has 0 aromatic heterocycles. The SMILES string of the molecule is CCN(c1cccc([N+](=O)[O-])c1)C(C)C(=O)O. The molecule has 0 amide bonds. The molecule has 0 radical (unpaired) electrons. The summed E-state index contributed by atoms with van der Waals surface area (Å²) in [6.45, 7) is 3.82. The molecule has 1 rings (SSSR count). The van der Waals surface area contributed by atoms with Crippen molar-refractivity contribution in [3.63, 3.8) is 0 Å². The molecule has 0 aliphatic rings. The molecule has 1 N–H and O–H groups in total. The van der Waals surface area contributed by atoms with E-state index in [0.717, 1.165) is 0 Å². The molecule has 17 heavy (non-hydrogen) atoms. The van der Waals surface area contributed by atoms with E-state index in [2.05, 4.69) is 0 Å². The number of hydrogen-bond acceptors (Lipinski definition) is 4. The normalized spacial score (nSPS) is 11.9. The quantitative estimate of drug-likeness (QED) is 0.625. The Morgan fingerprint density at radius 1 is 1.59 bits per heavy atom. The second kappa shape index (κ2) is 5.29. The monoisotopic (exact) mass is 238 g/mol. The number of nitro benzene ring substituents is 1. The number of benzene rings is 1. The molecule has 1 aromatic rings. The number of carbonyl (C=O) groups is 1. The van der Waals surface area contributed by atoms with Gasteiger partial charge in [-0.3, -0.25) is 10.1 Å². The van der Waals surface area contributed by atoms with E-state index < -0.39 is 16.9 Å². The first-order chi connectivity index (χ1) is 7.97. The minimum atomic E-state index is -0.960. The second-order valence-corrected chi connectivity index (χ2v) is 3.58. The van der Waals surface area contributed by atoms with E-state index in [1.165, 1.54) is 12.1 Å². The third kappa shape index (κ3) is 2.93. The van der Waals surface area contributed by atoms with Crippen molar-refractivity contribution < 1.29 is 14.8 Å². The van der Waals surface area contributed by atoms with Crippen molar-refractivity contribution >= 4 is 17.3 Å². The first kappa shape index (κ1) is 13.0. The maximum Gasteiger partial charge on any atom is 0.326 e. The van der Waals surface area contributed by atoms with Crippen molar-refractivity contribution in [3.05, 3.63) is 34.4 Å². The summed E-state index contributed by atoms with van der Waals surface area (Å²) in [5, 5.41) is 19.6.